The first-order valence-electron chi connectivity index (χ1n) is 13.7. The molecule has 3 aromatic carbocycles. The zero-order valence-corrected chi connectivity index (χ0v) is 26.5. The van der Waals surface area contributed by atoms with Crippen LogP contribution in [0.15, 0.2) is 72.8 Å². The Labute approximate surface area is 258 Å². The minimum atomic E-state index is -3.94. The smallest absolute Gasteiger partial charge is 0.244 e. The number of sulfonamides is 1. The number of amides is 2. The Balaban J connectivity index is 2.11. The molecular weight excluding hydrogens is 597 g/mol. The molecule has 0 radical (unpaired) electrons. The van der Waals surface area contributed by atoms with E-state index in [1.54, 1.807) is 49.4 Å². The summed E-state index contributed by atoms with van der Waals surface area (Å²) in [7, 11) is -3.94. The summed E-state index contributed by atoms with van der Waals surface area (Å²) in [6, 6.07) is 19.8. The minimum Gasteiger partial charge on any atom is -0.492 e. The molecule has 8 nitrogen and oxygen atoms in total. The van der Waals surface area contributed by atoms with E-state index >= 15 is 0 Å². The number of carbonyl (C=O) groups is 2. The van der Waals surface area contributed by atoms with Crippen molar-refractivity contribution >= 4 is 50.7 Å². The van der Waals surface area contributed by atoms with E-state index in [1.165, 1.54) is 4.90 Å². The number of nitrogens with zero attached hydrogens (tertiary/aromatic N) is 2. The zero-order chi connectivity index (χ0) is 30.9. The Morgan fingerprint density at radius 1 is 0.976 bits per heavy atom. The lowest BCUT2D eigenvalue weighted by Gasteiger charge is -2.34. The first kappa shape index (κ1) is 33.2. The molecule has 226 valence electrons. The van der Waals surface area contributed by atoms with E-state index in [0.29, 0.717) is 34.4 Å². The van der Waals surface area contributed by atoms with Crippen molar-refractivity contribution in [2.75, 3.05) is 23.7 Å². The van der Waals surface area contributed by atoms with E-state index in [9.17, 15) is 18.0 Å². The van der Waals surface area contributed by atoms with Gasteiger partial charge in [-0.3, -0.25) is 13.9 Å². The van der Waals surface area contributed by atoms with Gasteiger partial charge in [0.2, 0.25) is 21.8 Å². The van der Waals surface area contributed by atoms with Crippen LogP contribution >= 0.6 is 23.2 Å². The third kappa shape index (κ3) is 9.11. The molecule has 3 rings (SSSR count). The van der Waals surface area contributed by atoms with Gasteiger partial charge in [-0.15, -0.1) is 0 Å². The summed E-state index contributed by atoms with van der Waals surface area (Å²) >= 11 is 12.6. The fourth-order valence-corrected chi connectivity index (χ4v) is 5.69. The second kappa shape index (κ2) is 15.3. The Morgan fingerprint density at radius 3 is 2.26 bits per heavy atom. The van der Waals surface area contributed by atoms with Gasteiger partial charge < -0.3 is 15.0 Å². The van der Waals surface area contributed by atoms with Crippen LogP contribution < -0.4 is 14.4 Å². The number of halogens is 2. The van der Waals surface area contributed by atoms with Crippen LogP contribution in [-0.4, -0.2) is 56.6 Å². The van der Waals surface area contributed by atoms with E-state index < -0.39 is 28.5 Å². The highest BCUT2D eigenvalue weighted by molar-refractivity contribution is 7.92. The van der Waals surface area contributed by atoms with Crippen molar-refractivity contribution in [3.05, 3.63) is 94.0 Å². The van der Waals surface area contributed by atoms with Gasteiger partial charge >= 0.3 is 0 Å². The minimum absolute atomic E-state index is 0.0506. The van der Waals surface area contributed by atoms with Gasteiger partial charge in [0.05, 0.1) is 18.6 Å². The number of carbonyl (C=O) groups excluding carboxylic acids is 2. The quantitative estimate of drug-likeness (QED) is 0.245. The summed E-state index contributed by atoms with van der Waals surface area (Å²) in [5.74, 6) is -0.619. The predicted molar refractivity (Wildman–Crippen MR) is 169 cm³/mol. The molecule has 0 unspecified atom stereocenters. The molecule has 3 aromatic rings. The Bertz CT molecular complexity index is 1470. The van der Waals surface area contributed by atoms with Crippen LogP contribution in [-0.2, 0) is 32.6 Å². The molecule has 0 aliphatic carbocycles. The maximum atomic E-state index is 14.2. The van der Waals surface area contributed by atoms with Crippen molar-refractivity contribution in [1.29, 1.82) is 0 Å². The standard InChI is InChI=1S/C31H37Cl2N3O5S/c1-5-22(3)34-31(38)28(18-23-12-8-7-9-13-23)35(20-24-16-17-25(32)19-26(24)33)30(37)21-36(42(4,39)40)27-14-10-11-15-29(27)41-6-2/h7-17,19,22,28H,5-6,18,20-21H2,1-4H3,(H,34,38)/t22-,28-/m1/s1. The van der Waals surface area contributed by atoms with Crippen LogP contribution in [0.4, 0.5) is 5.69 Å². The second-order valence-corrected chi connectivity index (χ2v) is 12.7. The first-order chi connectivity index (χ1) is 19.9. The lowest BCUT2D eigenvalue weighted by molar-refractivity contribution is -0.140. The number of para-hydroxylation sites is 2. The normalized spacial score (nSPS) is 12.7. The van der Waals surface area contributed by atoms with Crippen molar-refractivity contribution < 1.29 is 22.7 Å². The van der Waals surface area contributed by atoms with Gasteiger partial charge in [0.1, 0.15) is 18.3 Å². The highest BCUT2D eigenvalue weighted by Gasteiger charge is 2.34. The molecule has 0 aliphatic heterocycles. The fourth-order valence-electron chi connectivity index (χ4n) is 4.36. The number of hydrogen-bond donors (Lipinski definition) is 1. The lowest BCUT2D eigenvalue weighted by atomic mass is 10.0. The number of ether oxygens (including phenoxy) is 1. The second-order valence-electron chi connectivity index (χ2n) is 9.95. The maximum absolute atomic E-state index is 14.2. The molecule has 2 atom stereocenters. The average Bonchev–Trinajstić information content (AvgIpc) is 2.95. The van der Waals surface area contributed by atoms with Gasteiger partial charge in [-0.05, 0) is 55.7 Å². The van der Waals surface area contributed by atoms with E-state index in [4.69, 9.17) is 27.9 Å². The Kier molecular flexibility index (Phi) is 12.1. The Morgan fingerprint density at radius 2 is 1.64 bits per heavy atom. The molecule has 0 fully saturated rings. The monoisotopic (exact) mass is 633 g/mol. The molecule has 0 saturated heterocycles. The largest absolute Gasteiger partial charge is 0.492 e. The molecule has 0 spiro atoms. The van der Waals surface area contributed by atoms with Crippen LogP contribution in [0.1, 0.15) is 38.3 Å². The number of benzene rings is 3. The molecule has 2 amide bonds. The maximum Gasteiger partial charge on any atom is 0.244 e. The van der Waals surface area contributed by atoms with Crippen LogP contribution in [0.25, 0.3) is 0 Å². The topological polar surface area (TPSA) is 96.0 Å². The van der Waals surface area contributed by atoms with Crippen molar-refractivity contribution in [2.45, 2.75) is 52.2 Å². The molecule has 11 heteroatoms. The van der Waals surface area contributed by atoms with Gasteiger partial charge in [0.25, 0.3) is 0 Å². The van der Waals surface area contributed by atoms with E-state index in [0.717, 1.165) is 16.1 Å². The average molecular weight is 635 g/mol. The molecule has 0 heterocycles. The summed E-state index contributed by atoms with van der Waals surface area (Å²) < 4.78 is 32.8. The van der Waals surface area contributed by atoms with Crippen LogP contribution in [0.3, 0.4) is 0 Å². The van der Waals surface area contributed by atoms with E-state index in [1.807, 2.05) is 44.2 Å². The predicted octanol–water partition coefficient (Wildman–Crippen LogP) is 5.71. The molecule has 0 bridgehead atoms. The highest BCUT2D eigenvalue weighted by Crippen LogP contribution is 2.31. The van der Waals surface area contributed by atoms with Gasteiger partial charge in [0.15, 0.2) is 0 Å². The number of nitrogens with one attached hydrogen (secondary N) is 1. The van der Waals surface area contributed by atoms with Gasteiger partial charge in [-0.1, -0.05) is 78.7 Å². The van der Waals surface area contributed by atoms with Crippen molar-refractivity contribution in [2.24, 2.45) is 0 Å². The van der Waals surface area contributed by atoms with Gasteiger partial charge in [0, 0.05) is 29.1 Å². The molecular formula is C31H37Cl2N3O5S. The lowest BCUT2D eigenvalue weighted by Crippen LogP contribution is -2.54. The highest BCUT2D eigenvalue weighted by atomic mass is 35.5. The number of anilines is 1. The van der Waals surface area contributed by atoms with Crippen LogP contribution in [0.2, 0.25) is 10.0 Å². The molecule has 0 aromatic heterocycles. The summed E-state index contributed by atoms with van der Waals surface area (Å²) in [6.45, 7) is 5.32. The number of hydrogen-bond acceptors (Lipinski definition) is 5. The van der Waals surface area contributed by atoms with Crippen molar-refractivity contribution in [3.63, 3.8) is 0 Å². The Hall–Kier alpha value is -3.27. The molecule has 42 heavy (non-hydrogen) atoms. The molecule has 1 N–H and O–H groups in total. The summed E-state index contributed by atoms with van der Waals surface area (Å²) in [4.78, 5) is 29.4. The van der Waals surface area contributed by atoms with Gasteiger partial charge in [-0.2, -0.15) is 0 Å². The first-order valence-corrected chi connectivity index (χ1v) is 16.3. The SMILES string of the molecule is CCOc1ccccc1N(CC(=O)N(Cc1ccc(Cl)cc1Cl)[C@H](Cc1ccccc1)C(=O)N[C@H](C)CC)S(C)(=O)=O. The third-order valence-corrected chi connectivity index (χ3v) is 8.45. The fraction of sp³-hybridized carbons (Fsp3) is 0.355. The zero-order valence-electron chi connectivity index (χ0n) is 24.2. The van der Waals surface area contributed by atoms with E-state index in [2.05, 4.69) is 5.32 Å². The summed E-state index contributed by atoms with van der Waals surface area (Å²) in [5, 5.41) is 3.74. The van der Waals surface area contributed by atoms with Crippen molar-refractivity contribution in [1.82, 2.24) is 10.2 Å². The van der Waals surface area contributed by atoms with E-state index in [-0.39, 0.29) is 30.6 Å². The van der Waals surface area contributed by atoms with Crippen LogP contribution in [0, 0.1) is 0 Å². The van der Waals surface area contributed by atoms with Gasteiger partial charge in [-0.25, -0.2) is 8.42 Å². The number of rotatable bonds is 14. The molecule has 0 aliphatic rings. The van der Waals surface area contributed by atoms with Crippen LogP contribution in [0.5, 0.6) is 5.75 Å². The summed E-state index contributed by atoms with van der Waals surface area (Å²) in [6.07, 6.45) is 1.92. The third-order valence-electron chi connectivity index (χ3n) is 6.74. The molecule has 0 saturated carbocycles. The summed E-state index contributed by atoms with van der Waals surface area (Å²) in [5.41, 5.74) is 1.62. The van der Waals surface area contributed by atoms with Crippen molar-refractivity contribution in [3.8, 4) is 5.75 Å².